The van der Waals surface area contributed by atoms with Crippen molar-refractivity contribution in [1.29, 1.82) is 0 Å². The first-order valence-corrected chi connectivity index (χ1v) is 9.10. The minimum atomic E-state index is -1.87. The Morgan fingerprint density at radius 3 is 2.22 bits per heavy atom. The molecule has 0 aromatic heterocycles. The number of ether oxygens (including phenoxy) is 1. The van der Waals surface area contributed by atoms with Crippen LogP contribution < -0.4 is 10.6 Å². The number of aliphatic carboxylic acids is 1. The highest BCUT2D eigenvalue weighted by atomic mass is 16.6. The molecule has 0 saturated carbocycles. The van der Waals surface area contributed by atoms with Gasteiger partial charge in [0.25, 0.3) is 0 Å². The zero-order valence-electron chi connectivity index (χ0n) is 16.1. The number of hydrogen-bond acceptors (Lipinski definition) is 8. The Balaban J connectivity index is 3.09. The Labute approximate surface area is 158 Å². The van der Waals surface area contributed by atoms with E-state index < -0.39 is 54.6 Å². The third kappa shape index (κ3) is 5.37. The second-order valence-electron chi connectivity index (χ2n) is 7.44. The summed E-state index contributed by atoms with van der Waals surface area (Å²) in [5, 5.41) is 54.2. The monoisotopic (exact) mass is 392 g/mol. The van der Waals surface area contributed by atoms with Crippen LogP contribution in [-0.4, -0.2) is 86.7 Å². The molecule has 1 aliphatic rings. The van der Waals surface area contributed by atoms with Crippen molar-refractivity contribution in [3.63, 3.8) is 0 Å². The lowest BCUT2D eigenvalue weighted by Crippen LogP contribution is -2.72. The van der Waals surface area contributed by atoms with Crippen molar-refractivity contribution < 1.29 is 39.9 Å². The molecule has 0 bridgehead atoms. The Kier molecular flexibility index (Phi) is 8.58. The van der Waals surface area contributed by atoms with Crippen LogP contribution in [0.25, 0.3) is 0 Å². The van der Waals surface area contributed by atoms with E-state index in [0.717, 1.165) is 0 Å². The lowest BCUT2D eigenvalue weighted by Gasteiger charge is -2.46. The summed E-state index contributed by atoms with van der Waals surface area (Å²) in [4.78, 5) is 24.2. The lowest BCUT2D eigenvalue weighted by molar-refractivity contribution is -0.261. The van der Waals surface area contributed by atoms with Crippen LogP contribution in [0.15, 0.2) is 0 Å². The number of aliphatic hydroxyl groups is 4. The molecular weight excluding hydrogens is 360 g/mol. The number of amides is 1. The molecule has 10 heteroatoms. The summed E-state index contributed by atoms with van der Waals surface area (Å²) in [7, 11) is 0. The highest BCUT2D eigenvalue weighted by Crippen LogP contribution is 2.26. The molecule has 1 amide bonds. The van der Waals surface area contributed by atoms with Gasteiger partial charge >= 0.3 is 5.97 Å². The van der Waals surface area contributed by atoms with Gasteiger partial charge in [-0.2, -0.15) is 0 Å². The first-order chi connectivity index (χ1) is 12.5. The van der Waals surface area contributed by atoms with Gasteiger partial charge in [0.05, 0.1) is 19.3 Å². The first kappa shape index (κ1) is 23.7. The molecule has 1 fully saturated rings. The standard InChI is InChI=1S/C17H32N2O8/c1-5-9(4)12(15(24)18-11(8(2)3)16(25)26)19-17(7-20)14(23)13(22)10(21)6-27-17/h8-14,19-23H,5-7H2,1-4H3,(H,18,24)(H,25,26)/t9-,10-,11-,12-,13-,14+,17-/m0/s1. The van der Waals surface area contributed by atoms with Crippen molar-refractivity contribution in [2.24, 2.45) is 11.8 Å². The number of rotatable bonds is 9. The van der Waals surface area contributed by atoms with Gasteiger partial charge in [0.1, 0.15) is 24.4 Å². The summed E-state index contributed by atoms with van der Waals surface area (Å²) in [5.41, 5.74) is -1.87. The summed E-state index contributed by atoms with van der Waals surface area (Å²) in [6.07, 6.45) is -4.09. The summed E-state index contributed by atoms with van der Waals surface area (Å²) in [6.45, 7) is 5.76. The second kappa shape index (κ2) is 9.76. The summed E-state index contributed by atoms with van der Waals surface area (Å²) < 4.78 is 5.37. The molecule has 1 heterocycles. The lowest BCUT2D eigenvalue weighted by atomic mass is 9.90. The van der Waals surface area contributed by atoms with E-state index in [1.165, 1.54) is 0 Å². The Morgan fingerprint density at radius 1 is 1.19 bits per heavy atom. The fourth-order valence-corrected chi connectivity index (χ4v) is 2.94. The topological polar surface area (TPSA) is 169 Å². The highest BCUT2D eigenvalue weighted by molar-refractivity contribution is 5.87. The average Bonchev–Trinajstić information content (AvgIpc) is 2.62. The Hall–Kier alpha value is -1.30. The van der Waals surface area contributed by atoms with Gasteiger partial charge in [-0.3, -0.25) is 10.1 Å². The zero-order chi connectivity index (χ0) is 20.9. The number of carbonyl (C=O) groups is 2. The maximum absolute atomic E-state index is 12.8. The van der Waals surface area contributed by atoms with Crippen LogP contribution in [0, 0.1) is 11.8 Å². The van der Waals surface area contributed by atoms with Gasteiger partial charge in [0.2, 0.25) is 5.91 Å². The van der Waals surface area contributed by atoms with Gasteiger partial charge in [-0.05, 0) is 11.8 Å². The third-order valence-electron chi connectivity index (χ3n) is 5.07. The molecule has 0 aliphatic carbocycles. The predicted octanol–water partition coefficient (Wildman–Crippen LogP) is -1.98. The van der Waals surface area contributed by atoms with Crippen LogP contribution in [-0.2, 0) is 14.3 Å². The van der Waals surface area contributed by atoms with E-state index in [9.17, 15) is 35.1 Å². The molecule has 1 saturated heterocycles. The molecule has 1 rings (SSSR count). The molecule has 10 nitrogen and oxygen atoms in total. The molecule has 0 spiro atoms. The van der Waals surface area contributed by atoms with Gasteiger partial charge in [-0.25, -0.2) is 4.79 Å². The van der Waals surface area contributed by atoms with E-state index in [-0.39, 0.29) is 18.4 Å². The van der Waals surface area contributed by atoms with Crippen molar-refractivity contribution in [3.05, 3.63) is 0 Å². The van der Waals surface area contributed by atoms with E-state index in [0.29, 0.717) is 6.42 Å². The largest absolute Gasteiger partial charge is 0.480 e. The molecule has 0 unspecified atom stereocenters. The molecule has 0 aromatic rings. The fraction of sp³-hybridized carbons (Fsp3) is 0.882. The number of carbonyl (C=O) groups excluding carboxylic acids is 1. The fourth-order valence-electron chi connectivity index (χ4n) is 2.94. The van der Waals surface area contributed by atoms with Crippen molar-refractivity contribution in [1.82, 2.24) is 10.6 Å². The van der Waals surface area contributed by atoms with Gasteiger partial charge in [-0.1, -0.05) is 34.1 Å². The molecule has 7 N–H and O–H groups in total. The Morgan fingerprint density at radius 2 is 1.78 bits per heavy atom. The van der Waals surface area contributed by atoms with Crippen LogP contribution >= 0.6 is 0 Å². The maximum Gasteiger partial charge on any atom is 0.326 e. The van der Waals surface area contributed by atoms with E-state index in [4.69, 9.17) is 4.74 Å². The average molecular weight is 392 g/mol. The van der Waals surface area contributed by atoms with Gasteiger partial charge in [0, 0.05) is 0 Å². The summed E-state index contributed by atoms with van der Waals surface area (Å²) >= 11 is 0. The van der Waals surface area contributed by atoms with Crippen LogP contribution in [0.3, 0.4) is 0 Å². The summed E-state index contributed by atoms with van der Waals surface area (Å²) in [5.74, 6) is -2.47. The first-order valence-electron chi connectivity index (χ1n) is 9.10. The number of carboxylic acid groups (broad SMARTS) is 1. The molecular formula is C17H32N2O8. The van der Waals surface area contributed by atoms with Crippen LogP contribution in [0.2, 0.25) is 0 Å². The van der Waals surface area contributed by atoms with Crippen molar-refractivity contribution in [3.8, 4) is 0 Å². The summed E-state index contributed by atoms with van der Waals surface area (Å²) in [6, 6.07) is -2.12. The normalized spacial score (nSPS) is 32.0. The van der Waals surface area contributed by atoms with Crippen LogP contribution in [0.5, 0.6) is 0 Å². The molecule has 27 heavy (non-hydrogen) atoms. The van der Waals surface area contributed by atoms with Crippen LogP contribution in [0.1, 0.15) is 34.1 Å². The molecule has 0 radical (unpaired) electrons. The van der Waals surface area contributed by atoms with E-state index >= 15 is 0 Å². The highest BCUT2D eigenvalue weighted by Gasteiger charge is 2.51. The van der Waals surface area contributed by atoms with E-state index in [1.807, 2.05) is 6.92 Å². The van der Waals surface area contributed by atoms with Crippen molar-refractivity contribution in [2.75, 3.05) is 13.2 Å². The minimum Gasteiger partial charge on any atom is -0.480 e. The SMILES string of the molecule is CC[C@H](C)[C@H](N[C@@]1(CO)OC[C@H](O)[C@H](O)[C@H]1O)C(=O)N[C@H](C(=O)O)C(C)C. The second-order valence-corrected chi connectivity index (χ2v) is 7.44. The number of carboxylic acids is 1. The zero-order valence-corrected chi connectivity index (χ0v) is 16.1. The number of aliphatic hydroxyl groups excluding tert-OH is 4. The smallest absolute Gasteiger partial charge is 0.326 e. The minimum absolute atomic E-state index is 0.310. The quantitative estimate of drug-likeness (QED) is 0.235. The third-order valence-corrected chi connectivity index (χ3v) is 5.07. The van der Waals surface area contributed by atoms with Gasteiger partial charge in [0.15, 0.2) is 5.72 Å². The Bertz CT molecular complexity index is 517. The van der Waals surface area contributed by atoms with Crippen molar-refractivity contribution in [2.45, 2.75) is 70.2 Å². The molecule has 7 atom stereocenters. The molecule has 1 aliphatic heterocycles. The van der Waals surface area contributed by atoms with E-state index in [1.54, 1.807) is 20.8 Å². The number of nitrogens with one attached hydrogen (secondary N) is 2. The predicted molar refractivity (Wildman–Crippen MR) is 94.6 cm³/mol. The molecule has 158 valence electrons. The van der Waals surface area contributed by atoms with Gasteiger partial charge in [-0.15, -0.1) is 0 Å². The van der Waals surface area contributed by atoms with E-state index in [2.05, 4.69) is 10.6 Å². The molecule has 0 aromatic carbocycles. The van der Waals surface area contributed by atoms with Crippen LogP contribution in [0.4, 0.5) is 0 Å². The number of hydrogen-bond donors (Lipinski definition) is 7. The van der Waals surface area contributed by atoms with Gasteiger partial charge < -0.3 is 35.6 Å². The maximum atomic E-state index is 12.8. The van der Waals surface area contributed by atoms with Crippen molar-refractivity contribution >= 4 is 11.9 Å².